The Labute approximate surface area is 154 Å². The van der Waals surface area contributed by atoms with Crippen molar-refractivity contribution in [1.29, 1.82) is 0 Å². The number of hydrogen-bond acceptors (Lipinski definition) is 3. The van der Waals surface area contributed by atoms with Gasteiger partial charge in [0.05, 0.1) is 16.3 Å². The van der Waals surface area contributed by atoms with Crippen LogP contribution in [0.3, 0.4) is 0 Å². The van der Waals surface area contributed by atoms with Gasteiger partial charge in [-0.2, -0.15) is 0 Å². The Morgan fingerprint density at radius 3 is 2.31 bits per heavy atom. The average Bonchev–Trinajstić information content (AvgIpc) is 2.68. The summed E-state index contributed by atoms with van der Waals surface area (Å²) in [4.78, 5) is 2.58. The summed E-state index contributed by atoms with van der Waals surface area (Å²) in [5.41, 5.74) is 1.60. The van der Waals surface area contributed by atoms with Crippen molar-refractivity contribution in [2.75, 3.05) is 22.7 Å². The quantitative estimate of drug-likeness (QED) is 0.732. The SMILES string of the molecule is O=S(=O)(Nc1ccccc1N1CCCCC1)c1cccc2ccccc12. The number of benzene rings is 3. The summed E-state index contributed by atoms with van der Waals surface area (Å²) in [5.74, 6) is 0. The van der Waals surface area contributed by atoms with Gasteiger partial charge in [-0.05, 0) is 42.8 Å². The third-order valence-corrected chi connectivity index (χ3v) is 6.31. The molecule has 4 rings (SSSR count). The van der Waals surface area contributed by atoms with Crippen molar-refractivity contribution in [2.45, 2.75) is 24.2 Å². The van der Waals surface area contributed by atoms with Crippen LogP contribution in [-0.2, 0) is 10.0 Å². The maximum atomic E-state index is 13.1. The van der Waals surface area contributed by atoms with Crippen LogP contribution < -0.4 is 9.62 Å². The van der Waals surface area contributed by atoms with Gasteiger partial charge in [0.2, 0.25) is 0 Å². The van der Waals surface area contributed by atoms with Crippen LogP contribution in [0.2, 0.25) is 0 Å². The molecule has 0 aromatic heterocycles. The molecule has 4 nitrogen and oxygen atoms in total. The number of rotatable bonds is 4. The van der Waals surface area contributed by atoms with Crippen LogP contribution >= 0.6 is 0 Å². The van der Waals surface area contributed by atoms with Crippen molar-refractivity contribution in [3.63, 3.8) is 0 Å². The smallest absolute Gasteiger partial charge is 0.262 e. The third-order valence-electron chi connectivity index (χ3n) is 4.88. The molecule has 26 heavy (non-hydrogen) atoms. The zero-order valence-corrected chi connectivity index (χ0v) is 15.4. The van der Waals surface area contributed by atoms with E-state index in [2.05, 4.69) is 9.62 Å². The largest absolute Gasteiger partial charge is 0.370 e. The first-order valence-electron chi connectivity index (χ1n) is 9.00. The summed E-state index contributed by atoms with van der Waals surface area (Å²) < 4.78 is 29.1. The highest BCUT2D eigenvalue weighted by atomic mass is 32.2. The number of nitrogens with one attached hydrogen (secondary N) is 1. The van der Waals surface area contributed by atoms with Gasteiger partial charge in [-0.15, -0.1) is 0 Å². The molecule has 1 N–H and O–H groups in total. The first-order valence-corrected chi connectivity index (χ1v) is 10.5. The molecule has 0 unspecified atom stereocenters. The summed E-state index contributed by atoms with van der Waals surface area (Å²) >= 11 is 0. The van der Waals surface area contributed by atoms with Gasteiger partial charge in [-0.3, -0.25) is 4.72 Å². The fourth-order valence-corrected chi connectivity index (χ4v) is 4.91. The Kier molecular flexibility index (Phi) is 4.55. The van der Waals surface area contributed by atoms with Gasteiger partial charge < -0.3 is 4.90 Å². The molecule has 1 aliphatic rings. The molecule has 0 bridgehead atoms. The molecule has 0 amide bonds. The van der Waals surface area contributed by atoms with E-state index in [0.29, 0.717) is 10.6 Å². The Morgan fingerprint density at radius 2 is 1.46 bits per heavy atom. The predicted molar refractivity (Wildman–Crippen MR) is 107 cm³/mol. The zero-order chi connectivity index (χ0) is 18.0. The van der Waals surface area contributed by atoms with E-state index in [9.17, 15) is 8.42 Å². The molecule has 0 saturated carbocycles. The lowest BCUT2D eigenvalue weighted by Crippen LogP contribution is -2.30. The monoisotopic (exact) mass is 366 g/mol. The van der Waals surface area contributed by atoms with Crippen LogP contribution in [0.15, 0.2) is 71.6 Å². The van der Waals surface area contributed by atoms with Crippen LogP contribution in [0.1, 0.15) is 19.3 Å². The molecule has 1 saturated heterocycles. The van der Waals surface area contributed by atoms with E-state index in [0.717, 1.165) is 42.4 Å². The van der Waals surface area contributed by atoms with Gasteiger partial charge in [0.1, 0.15) is 0 Å². The van der Waals surface area contributed by atoms with Crippen molar-refractivity contribution in [3.05, 3.63) is 66.7 Å². The number of piperidine rings is 1. The Bertz CT molecular complexity index is 1020. The lowest BCUT2D eigenvalue weighted by Gasteiger charge is -2.30. The van der Waals surface area contributed by atoms with E-state index in [1.54, 1.807) is 12.1 Å². The van der Waals surface area contributed by atoms with Crippen molar-refractivity contribution >= 4 is 32.2 Å². The van der Waals surface area contributed by atoms with Gasteiger partial charge in [-0.1, -0.05) is 48.5 Å². The third kappa shape index (κ3) is 3.27. The normalized spacial score (nSPS) is 15.2. The molecule has 0 aliphatic carbocycles. The maximum absolute atomic E-state index is 13.1. The number of hydrogen-bond donors (Lipinski definition) is 1. The van der Waals surface area contributed by atoms with E-state index in [-0.39, 0.29) is 0 Å². The van der Waals surface area contributed by atoms with Gasteiger partial charge in [0, 0.05) is 18.5 Å². The minimum absolute atomic E-state index is 0.309. The molecule has 1 fully saturated rings. The molecule has 0 spiro atoms. The minimum Gasteiger partial charge on any atom is -0.370 e. The van der Waals surface area contributed by atoms with Gasteiger partial charge in [-0.25, -0.2) is 8.42 Å². The molecule has 1 aliphatic heterocycles. The van der Waals surface area contributed by atoms with Crippen LogP contribution in [0.25, 0.3) is 10.8 Å². The number of para-hydroxylation sites is 2. The van der Waals surface area contributed by atoms with Crippen LogP contribution in [-0.4, -0.2) is 21.5 Å². The summed E-state index contributed by atoms with van der Waals surface area (Å²) in [7, 11) is -3.68. The minimum atomic E-state index is -3.68. The fourth-order valence-electron chi connectivity index (χ4n) is 3.60. The Hall–Kier alpha value is -2.53. The zero-order valence-electron chi connectivity index (χ0n) is 14.6. The topological polar surface area (TPSA) is 49.4 Å². The second-order valence-electron chi connectivity index (χ2n) is 6.65. The highest BCUT2D eigenvalue weighted by molar-refractivity contribution is 7.93. The molecule has 3 aromatic carbocycles. The van der Waals surface area contributed by atoms with Gasteiger partial charge in [0.15, 0.2) is 0 Å². The Morgan fingerprint density at radius 1 is 0.769 bits per heavy atom. The highest BCUT2D eigenvalue weighted by Crippen LogP contribution is 2.31. The molecule has 3 aromatic rings. The van der Waals surface area contributed by atoms with Gasteiger partial charge in [0.25, 0.3) is 10.0 Å². The number of nitrogens with zero attached hydrogens (tertiary/aromatic N) is 1. The second kappa shape index (κ2) is 7.00. The first kappa shape index (κ1) is 16.9. The van der Waals surface area contributed by atoms with Gasteiger partial charge >= 0.3 is 0 Å². The predicted octanol–water partition coefficient (Wildman–Crippen LogP) is 4.63. The number of fused-ring (bicyclic) bond motifs is 1. The van der Waals surface area contributed by atoms with Crippen molar-refractivity contribution < 1.29 is 8.42 Å². The van der Waals surface area contributed by atoms with Crippen LogP contribution in [0, 0.1) is 0 Å². The van der Waals surface area contributed by atoms with E-state index >= 15 is 0 Å². The molecular weight excluding hydrogens is 344 g/mol. The summed E-state index contributed by atoms with van der Waals surface area (Å²) in [6.07, 6.45) is 3.52. The number of anilines is 2. The molecular formula is C21H22N2O2S. The maximum Gasteiger partial charge on any atom is 0.262 e. The summed E-state index contributed by atoms with van der Waals surface area (Å²) in [5, 5.41) is 1.65. The lowest BCUT2D eigenvalue weighted by molar-refractivity contribution is 0.578. The van der Waals surface area contributed by atoms with E-state index in [1.165, 1.54) is 6.42 Å². The lowest BCUT2D eigenvalue weighted by atomic mass is 10.1. The van der Waals surface area contributed by atoms with E-state index in [1.807, 2.05) is 54.6 Å². The van der Waals surface area contributed by atoms with Crippen LogP contribution in [0.4, 0.5) is 11.4 Å². The van der Waals surface area contributed by atoms with Crippen molar-refractivity contribution in [3.8, 4) is 0 Å². The average molecular weight is 366 g/mol. The van der Waals surface area contributed by atoms with E-state index in [4.69, 9.17) is 0 Å². The molecule has 5 heteroatoms. The molecule has 1 heterocycles. The summed E-state index contributed by atoms with van der Waals surface area (Å²) in [6.45, 7) is 1.93. The van der Waals surface area contributed by atoms with E-state index < -0.39 is 10.0 Å². The van der Waals surface area contributed by atoms with Crippen molar-refractivity contribution in [1.82, 2.24) is 0 Å². The highest BCUT2D eigenvalue weighted by Gasteiger charge is 2.21. The van der Waals surface area contributed by atoms with Crippen molar-refractivity contribution in [2.24, 2.45) is 0 Å². The molecule has 0 radical (unpaired) electrons. The second-order valence-corrected chi connectivity index (χ2v) is 8.30. The molecule has 134 valence electrons. The number of sulfonamides is 1. The molecule has 0 atom stereocenters. The Balaban J connectivity index is 1.72. The fraction of sp³-hybridized carbons (Fsp3) is 0.238. The first-order chi connectivity index (χ1) is 12.6. The van der Waals surface area contributed by atoms with Crippen LogP contribution in [0.5, 0.6) is 0 Å². The summed E-state index contributed by atoms with van der Waals surface area (Å²) in [6, 6.07) is 20.6. The standard InChI is InChI=1S/C21H22N2O2S/c24-26(25,21-14-8-10-17-9-2-3-11-18(17)21)22-19-12-4-5-13-20(19)23-15-6-1-7-16-23/h2-5,8-14,22H,1,6-7,15-16H2.